The Morgan fingerprint density at radius 3 is 2.57 bits per heavy atom. The van der Waals surface area contributed by atoms with Crippen LogP contribution in [0.3, 0.4) is 0 Å². The van der Waals surface area contributed by atoms with Gasteiger partial charge in [0.15, 0.2) is 0 Å². The maximum Gasteiger partial charge on any atom is 0.234 e. The summed E-state index contributed by atoms with van der Waals surface area (Å²) in [5.41, 5.74) is 3.48. The van der Waals surface area contributed by atoms with Crippen LogP contribution >= 0.6 is 0 Å². The molecule has 0 saturated heterocycles. The number of nitrogens with one attached hydrogen (secondary N) is 1. The van der Waals surface area contributed by atoms with Crippen molar-refractivity contribution < 1.29 is 9.53 Å². The van der Waals surface area contributed by atoms with Crippen molar-refractivity contribution in [1.29, 1.82) is 0 Å². The zero-order chi connectivity index (χ0) is 16.7. The van der Waals surface area contributed by atoms with Crippen LogP contribution in [0.15, 0.2) is 48.5 Å². The Hall–Kier alpha value is -2.33. The highest BCUT2D eigenvalue weighted by molar-refractivity contribution is 5.77. The molecule has 1 amide bonds. The number of likely N-dealkylation sites (N-methyl/N-ethyl adjacent to an activating group) is 1. The highest BCUT2D eigenvalue weighted by Gasteiger charge is 2.07. The second-order valence-corrected chi connectivity index (χ2v) is 5.79. The molecule has 23 heavy (non-hydrogen) atoms. The molecule has 122 valence electrons. The highest BCUT2D eigenvalue weighted by Crippen LogP contribution is 2.12. The molecule has 0 fully saturated rings. The van der Waals surface area contributed by atoms with Gasteiger partial charge in [0.05, 0.1) is 13.7 Å². The number of amides is 1. The van der Waals surface area contributed by atoms with Gasteiger partial charge in [-0.3, -0.25) is 9.69 Å². The van der Waals surface area contributed by atoms with E-state index in [1.165, 1.54) is 11.1 Å². The van der Waals surface area contributed by atoms with Crippen LogP contribution in [0.2, 0.25) is 0 Å². The predicted octanol–water partition coefficient (Wildman–Crippen LogP) is 2.75. The molecule has 0 atom stereocenters. The summed E-state index contributed by atoms with van der Waals surface area (Å²) in [5, 5.41) is 2.94. The van der Waals surface area contributed by atoms with Crippen LogP contribution in [0.4, 0.5) is 0 Å². The minimum absolute atomic E-state index is 0.0161. The van der Waals surface area contributed by atoms with Crippen LogP contribution in [0, 0.1) is 6.92 Å². The Balaban J connectivity index is 1.78. The van der Waals surface area contributed by atoms with Crippen LogP contribution < -0.4 is 10.1 Å². The summed E-state index contributed by atoms with van der Waals surface area (Å²) in [4.78, 5) is 14.0. The number of carbonyl (C=O) groups excluding carboxylic acids is 1. The maximum atomic E-state index is 12.0. The molecule has 0 aromatic heterocycles. The van der Waals surface area contributed by atoms with E-state index in [1.807, 2.05) is 36.2 Å². The van der Waals surface area contributed by atoms with E-state index in [0.29, 0.717) is 13.1 Å². The minimum atomic E-state index is 0.0161. The number of nitrogens with zero attached hydrogens (tertiary/aromatic N) is 1. The molecule has 0 spiro atoms. The molecule has 0 radical (unpaired) electrons. The molecule has 0 heterocycles. The number of hydrogen-bond acceptors (Lipinski definition) is 3. The summed E-state index contributed by atoms with van der Waals surface area (Å²) in [5.74, 6) is 0.815. The molecular formula is C19H24N2O2. The van der Waals surface area contributed by atoms with E-state index in [0.717, 1.165) is 17.9 Å². The van der Waals surface area contributed by atoms with Gasteiger partial charge in [0.2, 0.25) is 5.91 Å². The zero-order valence-electron chi connectivity index (χ0n) is 14.0. The predicted molar refractivity (Wildman–Crippen MR) is 92.4 cm³/mol. The van der Waals surface area contributed by atoms with Crippen molar-refractivity contribution in [2.45, 2.75) is 20.0 Å². The van der Waals surface area contributed by atoms with Crippen LogP contribution in [0.1, 0.15) is 16.7 Å². The SMILES string of the molecule is COc1cccc(CNC(=O)CN(C)Cc2ccc(C)cc2)c1. The maximum absolute atomic E-state index is 12.0. The van der Waals surface area contributed by atoms with Gasteiger partial charge in [-0.15, -0.1) is 0 Å². The Morgan fingerprint density at radius 2 is 1.87 bits per heavy atom. The van der Waals surface area contributed by atoms with Crippen LogP contribution in [-0.2, 0) is 17.9 Å². The van der Waals surface area contributed by atoms with E-state index in [4.69, 9.17) is 4.74 Å². The second-order valence-electron chi connectivity index (χ2n) is 5.79. The number of ether oxygens (including phenoxy) is 1. The van der Waals surface area contributed by atoms with Crippen molar-refractivity contribution in [3.8, 4) is 5.75 Å². The molecule has 0 unspecified atom stereocenters. The van der Waals surface area contributed by atoms with Gasteiger partial charge < -0.3 is 10.1 Å². The number of hydrogen-bond donors (Lipinski definition) is 1. The summed E-state index contributed by atoms with van der Waals surface area (Å²) in [6.07, 6.45) is 0. The average molecular weight is 312 g/mol. The molecule has 1 N–H and O–H groups in total. The fourth-order valence-electron chi connectivity index (χ4n) is 2.35. The number of aryl methyl sites for hydroxylation is 1. The van der Waals surface area contributed by atoms with E-state index in [9.17, 15) is 4.79 Å². The summed E-state index contributed by atoms with van der Waals surface area (Å²) in [7, 11) is 3.59. The van der Waals surface area contributed by atoms with E-state index >= 15 is 0 Å². The molecule has 0 aliphatic heterocycles. The fourth-order valence-corrected chi connectivity index (χ4v) is 2.35. The molecular weight excluding hydrogens is 288 g/mol. The summed E-state index contributed by atoms with van der Waals surface area (Å²) >= 11 is 0. The Kier molecular flexibility index (Phi) is 6.18. The largest absolute Gasteiger partial charge is 0.497 e. The second kappa shape index (κ2) is 8.34. The van der Waals surface area contributed by atoms with Gasteiger partial charge in [-0.1, -0.05) is 42.0 Å². The molecule has 0 aliphatic carbocycles. The van der Waals surface area contributed by atoms with Crippen molar-refractivity contribution >= 4 is 5.91 Å². The van der Waals surface area contributed by atoms with Crippen LogP contribution in [0.25, 0.3) is 0 Å². The molecule has 0 bridgehead atoms. The molecule has 2 aromatic rings. The number of benzene rings is 2. The van der Waals surface area contributed by atoms with Gasteiger partial charge in [0, 0.05) is 13.1 Å². The van der Waals surface area contributed by atoms with Gasteiger partial charge >= 0.3 is 0 Å². The first-order valence-corrected chi connectivity index (χ1v) is 7.70. The van der Waals surface area contributed by atoms with E-state index in [-0.39, 0.29) is 5.91 Å². The van der Waals surface area contributed by atoms with Gasteiger partial charge in [0.25, 0.3) is 0 Å². The van der Waals surface area contributed by atoms with E-state index < -0.39 is 0 Å². The quantitative estimate of drug-likeness (QED) is 0.855. The summed E-state index contributed by atoms with van der Waals surface area (Å²) < 4.78 is 5.18. The highest BCUT2D eigenvalue weighted by atomic mass is 16.5. The topological polar surface area (TPSA) is 41.6 Å². The van der Waals surface area contributed by atoms with Crippen LogP contribution in [0.5, 0.6) is 5.75 Å². The molecule has 4 nitrogen and oxygen atoms in total. The summed E-state index contributed by atoms with van der Waals surface area (Å²) in [6.45, 7) is 3.71. The molecule has 2 rings (SSSR count). The van der Waals surface area contributed by atoms with Crippen LogP contribution in [-0.4, -0.2) is 31.5 Å². The van der Waals surface area contributed by atoms with Crippen molar-refractivity contribution in [3.05, 3.63) is 65.2 Å². The number of rotatable bonds is 7. The molecule has 2 aromatic carbocycles. The van der Waals surface area contributed by atoms with E-state index in [1.54, 1.807) is 7.11 Å². The van der Waals surface area contributed by atoms with Gasteiger partial charge in [0.1, 0.15) is 5.75 Å². The standard InChI is InChI=1S/C19H24N2O2/c1-15-7-9-16(10-8-15)13-21(2)14-19(22)20-12-17-5-4-6-18(11-17)23-3/h4-11H,12-14H2,1-3H3,(H,20,22). The lowest BCUT2D eigenvalue weighted by Crippen LogP contribution is -2.34. The van der Waals surface area contributed by atoms with E-state index in [2.05, 4.69) is 36.5 Å². The van der Waals surface area contributed by atoms with Crippen molar-refractivity contribution in [2.24, 2.45) is 0 Å². The Labute approximate surface area is 138 Å². The number of carbonyl (C=O) groups is 1. The Morgan fingerprint density at radius 1 is 1.13 bits per heavy atom. The fraction of sp³-hybridized carbons (Fsp3) is 0.316. The first-order chi connectivity index (χ1) is 11.1. The lowest BCUT2D eigenvalue weighted by molar-refractivity contribution is -0.122. The van der Waals surface area contributed by atoms with Crippen molar-refractivity contribution in [1.82, 2.24) is 10.2 Å². The lowest BCUT2D eigenvalue weighted by Gasteiger charge is -2.16. The normalized spacial score (nSPS) is 10.6. The van der Waals surface area contributed by atoms with Crippen molar-refractivity contribution in [3.63, 3.8) is 0 Å². The molecule has 0 saturated carbocycles. The lowest BCUT2D eigenvalue weighted by atomic mass is 10.1. The smallest absolute Gasteiger partial charge is 0.234 e. The number of methoxy groups -OCH3 is 1. The monoisotopic (exact) mass is 312 g/mol. The van der Waals surface area contributed by atoms with Gasteiger partial charge in [-0.05, 0) is 37.2 Å². The van der Waals surface area contributed by atoms with Gasteiger partial charge in [-0.25, -0.2) is 0 Å². The Bertz CT molecular complexity index is 638. The minimum Gasteiger partial charge on any atom is -0.497 e. The molecule has 0 aliphatic rings. The third-order valence-electron chi connectivity index (χ3n) is 3.61. The van der Waals surface area contributed by atoms with Crippen molar-refractivity contribution in [2.75, 3.05) is 20.7 Å². The average Bonchev–Trinajstić information content (AvgIpc) is 2.55. The third kappa shape index (κ3) is 5.75. The molecule has 4 heteroatoms. The van der Waals surface area contributed by atoms with Gasteiger partial charge in [-0.2, -0.15) is 0 Å². The first-order valence-electron chi connectivity index (χ1n) is 7.70. The first kappa shape index (κ1) is 17.0. The summed E-state index contributed by atoms with van der Waals surface area (Å²) in [6, 6.07) is 16.1. The zero-order valence-corrected chi connectivity index (χ0v) is 14.0. The third-order valence-corrected chi connectivity index (χ3v) is 3.61.